The van der Waals surface area contributed by atoms with Crippen molar-refractivity contribution >= 4 is 32.1 Å². The molecule has 0 unspecified atom stereocenters. The Labute approximate surface area is 74.0 Å². The Balaban J connectivity index is 2.91. The molecule has 0 fully saturated rings. The van der Waals surface area contributed by atoms with Crippen LogP contribution >= 0.6 is 0 Å². The number of para-hydroxylation sites is 1. The molecule has 1 aromatic heterocycles. The van der Waals surface area contributed by atoms with Gasteiger partial charge < -0.3 is 0 Å². The summed E-state index contributed by atoms with van der Waals surface area (Å²) in [6, 6.07) is 10.1. The van der Waals surface area contributed by atoms with E-state index in [4.69, 9.17) is 0 Å². The normalized spacial score (nSPS) is 10.3. The van der Waals surface area contributed by atoms with Crippen LogP contribution in [0.3, 0.4) is 0 Å². The summed E-state index contributed by atoms with van der Waals surface area (Å²) in [7, 11) is 0. The SMILES string of the molecule is [As]c1ccnc2ccccc12. The summed E-state index contributed by atoms with van der Waals surface area (Å²) < 4.78 is 1.23. The van der Waals surface area contributed by atoms with E-state index in [1.165, 1.54) is 9.74 Å². The number of aromatic nitrogens is 1. The van der Waals surface area contributed by atoms with Crippen LogP contribution in [-0.4, -0.2) is 21.8 Å². The van der Waals surface area contributed by atoms with Gasteiger partial charge in [0.1, 0.15) is 0 Å². The Kier molecular flexibility index (Phi) is 1.67. The summed E-state index contributed by atoms with van der Waals surface area (Å²) in [5.41, 5.74) is 1.06. The van der Waals surface area contributed by atoms with Crippen molar-refractivity contribution in [2.24, 2.45) is 0 Å². The van der Waals surface area contributed by atoms with E-state index in [0.29, 0.717) is 0 Å². The molecule has 2 rings (SSSR count). The van der Waals surface area contributed by atoms with Crippen LogP contribution in [-0.2, 0) is 0 Å². The molecule has 0 aliphatic carbocycles. The Morgan fingerprint density at radius 3 is 2.73 bits per heavy atom. The first-order chi connectivity index (χ1) is 5.38. The Morgan fingerprint density at radius 1 is 1.09 bits per heavy atom. The Bertz CT molecular complexity index is 379. The molecular weight excluding hydrogens is 197 g/mol. The fourth-order valence-corrected chi connectivity index (χ4v) is 1.62. The van der Waals surface area contributed by atoms with Gasteiger partial charge in [-0.1, -0.05) is 0 Å². The maximum absolute atomic E-state index is 4.23. The summed E-state index contributed by atoms with van der Waals surface area (Å²) in [4.78, 5) is 4.23. The zero-order valence-electron chi connectivity index (χ0n) is 5.86. The number of rotatable bonds is 0. The zero-order chi connectivity index (χ0) is 7.68. The van der Waals surface area contributed by atoms with Gasteiger partial charge in [0.2, 0.25) is 0 Å². The number of benzene rings is 1. The Morgan fingerprint density at radius 2 is 1.91 bits per heavy atom. The van der Waals surface area contributed by atoms with Crippen LogP contribution in [0.15, 0.2) is 36.5 Å². The van der Waals surface area contributed by atoms with Gasteiger partial charge >= 0.3 is 73.6 Å². The van der Waals surface area contributed by atoms with Crippen LogP contribution in [0, 0.1) is 0 Å². The number of hydrogen-bond acceptors (Lipinski definition) is 1. The fraction of sp³-hybridized carbons (Fsp3) is 0. The molecule has 0 aliphatic rings. The van der Waals surface area contributed by atoms with E-state index < -0.39 is 0 Å². The monoisotopic (exact) mass is 203 g/mol. The number of pyridine rings is 1. The van der Waals surface area contributed by atoms with Crippen molar-refractivity contribution in [1.82, 2.24) is 4.98 Å². The first-order valence-electron chi connectivity index (χ1n) is 3.40. The van der Waals surface area contributed by atoms with Gasteiger partial charge in [-0.15, -0.1) is 0 Å². The number of fused-ring (bicyclic) bond motifs is 1. The van der Waals surface area contributed by atoms with Gasteiger partial charge in [-0.2, -0.15) is 0 Å². The van der Waals surface area contributed by atoms with E-state index in [9.17, 15) is 0 Å². The quantitative estimate of drug-likeness (QED) is 0.582. The molecule has 11 heavy (non-hydrogen) atoms. The van der Waals surface area contributed by atoms with Crippen molar-refractivity contribution < 1.29 is 0 Å². The van der Waals surface area contributed by atoms with Gasteiger partial charge in [0.05, 0.1) is 0 Å². The average Bonchev–Trinajstić information content (AvgIpc) is 2.06. The van der Waals surface area contributed by atoms with Crippen LogP contribution in [0.25, 0.3) is 10.9 Å². The molecular formula is C9H6AsN. The van der Waals surface area contributed by atoms with Crippen molar-refractivity contribution in [3.8, 4) is 0 Å². The molecule has 0 bridgehead atoms. The van der Waals surface area contributed by atoms with Crippen LogP contribution < -0.4 is 4.35 Å². The number of hydrogen-bond donors (Lipinski definition) is 0. The van der Waals surface area contributed by atoms with E-state index in [0.717, 1.165) is 5.52 Å². The van der Waals surface area contributed by atoms with Gasteiger partial charge in [-0.3, -0.25) is 0 Å². The number of nitrogens with zero attached hydrogens (tertiary/aromatic N) is 1. The predicted molar refractivity (Wildman–Crippen MR) is 47.1 cm³/mol. The fourth-order valence-electron chi connectivity index (χ4n) is 1.08. The van der Waals surface area contributed by atoms with E-state index in [1.54, 1.807) is 0 Å². The van der Waals surface area contributed by atoms with Gasteiger partial charge in [0.15, 0.2) is 0 Å². The molecule has 0 saturated carbocycles. The van der Waals surface area contributed by atoms with Crippen molar-refractivity contribution in [3.05, 3.63) is 36.5 Å². The maximum atomic E-state index is 4.23. The average molecular weight is 203 g/mol. The second-order valence-electron chi connectivity index (χ2n) is 2.35. The molecule has 1 aromatic carbocycles. The topological polar surface area (TPSA) is 12.9 Å². The predicted octanol–water partition coefficient (Wildman–Crippen LogP) is 1.03. The summed E-state index contributed by atoms with van der Waals surface area (Å²) >= 11 is 2.55. The molecule has 1 nitrogen and oxygen atoms in total. The summed E-state index contributed by atoms with van der Waals surface area (Å²) in [5.74, 6) is 0. The second-order valence-corrected chi connectivity index (χ2v) is 3.36. The molecule has 0 aliphatic heterocycles. The molecule has 2 aromatic rings. The van der Waals surface area contributed by atoms with Crippen molar-refractivity contribution in [2.45, 2.75) is 0 Å². The van der Waals surface area contributed by atoms with Crippen LogP contribution in [0.5, 0.6) is 0 Å². The first kappa shape index (κ1) is 6.87. The second kappa shape index (κ2) is 2.67. The van der Waals surface area contributed by atoms with Gasteiger partial charge in [0, 0.05) is 0 Å². The van der Waals surface area contributed by atoms with Crippen molar-refractivity contribution in [3.63, 3.8) is 0 Å². The standard InChI is InChI=1S/C9H6AsN/c10-8-5-6-11-9-4-2-1-3-7(8)9/h1-6H. The molecule has 0 amide bonds. The van der Waals surface area contributed by atoms with E-state index >= 15 is 0 Å². The summed E-state index contributed by atoms with van der Waals surface area (Å²) in [6.07, 6.45) is 1.83. The van der Waals surface area contributed by atoms with Gasteiger partial charge in [-0.05, 0) is 0 Å². The molecule has 0 saturated heterocycles. The van der Waals surface area contributed by atoms with Crippen molar-refractivity contribution in [1.29, 1.82) is 0 Å². The third-order valence-corrected chi connectivity index (χ3v) is 2.44. The zero-order valence-corrected chi connectivity index (χ0v) is 7.74. The van der Waals surface area contributed by atoms with Crippen LogP contribution in [0.1, 0.15) is 0 Å². The van der Waals surface area contributed by atoms with Gasteiger partial charge in [0.25, 0.3) is 0 Å². The summed E-state index contributed by atoms with van der Waals surface area (Å²) in [5, 5.41) is 1.22. The molecule has 0 atom stereocenters. The minimum absolute atomic E-state index is 1.06. The van der Waals surface area contributed by atoms with E-state index in [-0.39, 0.29) is 0 Å². The minimum atomic E-state index is 1.06. The van der Waals surface area contributed by atoms with Gasteiger partial charge in [-0.25, -0.2) is 0 Å². The molecule has 2 radical (unpaired) electrons. The third kappa shape index (κ3) is 1.16. The van der Waals surface area contributed by atoms with E-state index in [1.807, 2.05) is 30.5 Å². The van der Waals surface area contributed by atoms with Crippen molar-refractivity contribution in [2.75, 3.05) is 0 Å². The molecule has 0 spiro atoms. The third-order valence-electron chi connectivity index (χ3n) is 1.63. The molecule has 1 heterocycles. The van der Waals surface area contributed by atoms with E-state index in [2.05, 4.69) is 27.9 Å². The Hall–Kier alpha value is -0.812. The first-order valence-corrected chi connectivity index (χ1v) is 4.34. The molecule has 0 N–H and O–H groups in total. The summed E-state index contributed by atoms with van der Waals surface area (Å²) in [6.45, 7) is 0. The molecule has 2 heteroatoms. The van der Waals surface area contributed by atoms with Crippen LogP contribution in [0.4, 0.5) is 0 Å². The van der Waals surface area contributed by atoms with Crippen LogP contribution in [0.2, 0.25) is 0 Å². The molecule has 52 valence electrons.